The number of rotatable bonds is 29. The number of nitrogens with one attached hydrogen (secondary N) is 3. The average Bonchev–Trinajstić information content (AvgIpc) is 0.893. The Hall–Kier alpha value is -8.91. The summed E-state index contributed by atoms with van der Waals surface area (Å²) in [4.78, 5) is 64.3. The van der Waals surface area contributed by atoms with E-state index in [2.05, 4.69) is 189 Å². The normalized spacial score (nSPS) is 11.5. The Labute approximate surface area is 708 Å². The number of amides is 1. The van der Waals surface area contributed by atoms with Gasteiger partial charge < -0.3 is 52.0 Å². The predicted octanol–water partition coefficient (Wildman–Crippen LogP) is 16.9. The van der Waals surface area contributed by atoms with E-state index >= 15 is 0 Å². The Morgan fingerprint density at radius 3 is 1.15 bits per heavy atom. The number of carboxylic acid groups (broad SMARTS) is 1. The molecule has 0 spiro atoms. The maximum absolute atomic E-state index is 14.0. The molecule has 0 aliphatic carbocycles. The summed E-state index contributed by atoms with van der Waals surface area (Å²) in [6.45, 7) is 43.7. The summed E-state index contributed by atoms with van der Waals surface area (Å²) in [5.74, 6) is -1.36. The maximum Gasteiger partial charge on any atom is 0.357 e. The summed E-state index contributed by atoms with van der Waals surface area (Å²) in [5, 5.41) is 11.3. The molecule has 0 aromatic heterocycles. The standard InChI is InChI=1S/C21H27FN2O3S.C15H22O2.C15H20O2.C13H18O2.C11H14O.C8H11FN2O2S.C8H17O5P.ClH/c1-21(2,3)17-9-5-15(6-10-17)8-12-20(25)23-14-16-7-11-19(18(22)13-16)24-28(4,26)27;2*1-5-17-14(16)11-8-12-6-9-13(10-7-12)15(2,3)4;1-13(2,3)11-7-4-10(5-8-11)6-9-12(14)15;1-11(2,3)10-6-4-9(8-12)5-7-10;1-14(12,13)11-8-3-2-6(5-10)4-7(8)9;1-4-10-11-7-8-14(9,12-5-2)13-6-3;/h5-7,9-11,13,24H,8,12,14H2,1-4H3,(H,23,25);6-7,9-10H,5,8,11H2,1-4H3;6-11H,5H2,1-4H3;4-5,7-8H,6,9H2,1-3H3,(H,14,15);4-8H,1-3H3;2-4,11H,5,10H2,1H3;7-8H,4-6H2,1-3H3;1H/p-1/b;;11-8+;;;;8-7+;. The van der Waals surface area contributed by atoms with Crippen LogP contribution in [0.3, 0.4) is 0 Å². The number of aldehydes is 1. The van der Waals surface area contributed by atoms with Crippen molar-refractivity contribution in [2.24, 2.45) is 5.73 Å². The summed E-state index contributed by atoms with van der Waals surface area (Å²) < 4.78 is 107. The number of carbonyl (C=O) groups excluding carboxylic acids is 4. The highest BCUT2D eigenvalue weighted by Crippen LogP contribution is 2.49. The third-order valence-electron chi connectivity index (χ3n) is 16.5. The van der Waals surface area contributed by atoms with Crippen molar-refractivity contribution in [2.75, 3.05) is 55.0 Å². The number of anilines is 2. The van der Waals surface area contributed by atoms with Gasteiger partial charge in [-0.25, -0.2) is 30.4 Å². The van der Waals surface area contributed by atoms with E-state index < -0.39 is 45.2 Å². The van der Waals surface area contributed by atoms with E-state index in [-0.39, 0.29) is 88.2 Å². The maximum atomic E-state index is 14.0. The van der Waals surface area contributed by atoms with Gasteiger partial charge in [0.05, 0.1) is 62.7 Å². The van der Waals surface area contributed by atoms with Crippen molar-refractivity contribution in [1.29, 1.82) is 0 Å². The van der Waals surface area contributed by atoms with Gasteiger partial charge in [-0.3, -0.25) is 33.2 Å². The van der Waals surface area contributed by atoms with Gasteiger partial charge in [-0.05, 0) is 172 Å². The van der Waals surface area contributed by atoms with Gasteiger partial charge in [-0.15, -0.1) is 0 Å². The number of carboxylic acids is 1. The minimum absolute atomic E-state index is 0. The highest BCUT2D eigenvalue weighted by Gasteiger charge is 2.21. The molecule has 0 unspecified atom stereocenters. The second-order valence-electron chi connectivity index (χ2n) is 32.0. The number of aryl methyl sites for hydroxylation is 3. The lowest BCUT2D eigenvalue weighted by molar-refractivity contribution is -0.244. The van der Waals surface area contributed by atoms with Crippen molar-refractivity contribution in [3.63, 3.8) is 0 Å². The topological polar surface area (TPSA) is 308 Å². The molecule has 0 saturated carbocycles. The third-order valence-corrected chi connectivity index (χ3v) is 19.4. The first-order valence-electron chi connectivity index (χ1n) is 38.8. The fraction of sp³-hybridized carbons (Fsp3) is 0.440. The number of halogens is 3. The van der Waals surface area contributed by atoms with Gasteiger partial charge in [0.15, 0.2) is 0 Å². The lowest BCUT2D eigenvalue weighted by Crippen LogP contribution is -3.00. The van der Waals surface area contributed by atoms with Gasteiger partial charge in [0.25, 0.3) is 0 Å². The van der Waals surface area contributed by atoms with Gasteiger partial charge in [0.1, 0.15) is 24.2 Å². The SMILES string of the molecule is CC(C)(C)c1ccc(C=O)cc1.CC(C)(C)c1ccc(CCC(=O)NCc2ccc(NS(C)(=O)=O)c(F)c2)cc1.CC(C)(C)c1ccc(CCC(=O)O)cc1.CCOC(=O)/C=C/c1ccc(C(C)(C)C)cc1.CCOC(=O)CCc1ccc(C(C)(C)C)cc1.CCOO/C=C/P(=O)(OCC)OCC.CS(=O)(=O)Nc1ccc(CN)cc1F.[Cl-]. The fourth-order valence-corrected chi connectivity index (χ4v) is 12.2. The van der Waals surface area contributed by atoms with Gasteiger partial charge in [-0.2, -0.15) is 4.89 Å². The van der Waals surface area contributed by atoms with Crippen molar-refractivity contribution in [1.82, 2.24) is 5.32 Å². The lowest BCUT2D eigenvalue weighted by Gasteiger charge is -2.19. The van der Waals surface area contributed by atoms with Crippen molar-refractivity contribution in [3.8, 4) is 0 Å². The number of esters is 2. The summed E-state index contributed by atoms with van der Waals surface area (Å²) in [5.41, 5.74) is 18.5. The molecule has 1 amide bonds. The van der Waals surface area contributed by atoms with E-state index in [0.29, 0.717) is 69.8 Å². The number of hydrogen-bond donors (Lipinski definition) is 5. The molecule has 0 heterocycles. The number of benzene rings is 7. The number of aliphatic carboxylic acids is 1. The Morgan fingerprint density at radius 2 is 0.822 bits per heavy atom. The van der Waals surface area contributed by atoms with Crippen LogP contribution >= 0.6 is 7.60 Å². The molecule has 0 fully saturated rings. The molecular weight excluding hydrogens is 1590 g/mol. The van der Waals surface area contributed by atoms with E-state index in [1.54, 1.807) is 45.9 Å². The Morgan fingerprint density at radius 1 is 0.475 bits per heavy atom. The van der Waals surface area contributed by atoms with Crippen LogP contribution in [0.2, 0.25) is 0 Å². The zero-order valence-corrected chi connectivity index (χ0v) is 76.3. The first-order valence-corrected chi connectivity index (χ1v) is 44.2. The number of nitrogens with two attached hydrogens (primary N) is 1. The molecule has 7 rings (SSSR count). The molecule has 0 aliphatic rings. The minimum atomic E-state index is -3.54. The van der Waals surface area contributed by atoms with Crippen molar-refractivity contribution < 1.29 is 100.0 Å². The van der Waals surface area contributed by atoms with E-state index in [4.69, 9.17) is 29.4 Å². The van der Waals surface area contributed by atoms with Crippen LogP contribution in [0.4, 0.5) is 20.2 Å². The van der Waals surface area contributed by atoms with Gasteiger partial charge in [-0.1, -0.05) is 237 Å². The molecule has 6 N–H and O–H groups in total. The molecule has 21 nitrogen and oxygen atoms in total. The first-order chi connectivity index (χ1) is 54.3. The minimum Gasteiger partial charge on any atom is -1.00 e. The predicted molar refractivity (Wildman–Crippen MR) is 468 cm³/mol. The zero-order chi connectivity index (χ0) is 89.0. The molecule has 7 aromatic rings. The first kappa shape index (κ1) is 109. The van der Waals surface area contributed by atoms with Gasteiger partial charge >= 0.3 is 25.5 Å². The smallest absolute Gasteiger partial charge is 0.357 e. The van der Waals surface area contributed by atoms with E-state index in [9.17, 15) is 54.2 Å². The van der Waals surface area contributed by atoms with Crippen molar-refractivity contribution >= 4 is 75.2 Å². The Balaban J connectivity index is 0.00000138. The molecule has 0 radical (unpaired) electrons. The second-order valence-corrected chi connectivity index (χ2v) is 37.4. The molecule has 27 heteroatoms. The molecule has 118 heavy (non-hydrogen) atoms. The number of carbonyl (C=O) groups is 5. The van der Waals surface area contributed by atoms with Crippen LogP contribution in [0.1, 0.15) is 229 Å². The summed E-state index contributed by atoms with van der Waals surface area (Å²) in [6.07, 6.45) is 10.2. The number of sulfonamides is 2. The van der Waals surface area contributed by atoms with Crippen LogP contribution in [0.15, 0.2) is 176 Å². The van der Waals surface area contributed by atoms with Crippen molar-refractivity contribution in [3.05, 3.63) is 254 Å². The van der Waals surface area contributed by atoms with E-state index in [1.165, 1.54) is 69.5 Å². The molecule has 0 bridgehead atoms. The quantitative estimate of drug-likeness (QED) is 0.00425. The van der Waals surface area contributed by atoms with Crippen LogP contribution < -0.4 is 32.9 Å². The zero-order valence-electron chi connectivity index (χ0n) is 73.0. The number of ether oxygens (including phenoxy) is 2. The van der Waals surface area contributed by atoms with Gasteiger partial charge in [0.2, 0.25) is 26.0 Å². The summed E-state index contributed by atoms with van der Waals surface area (Å²) in [7, 11) is -10.1. The summed E-state index contributed by atoms with van der Waals surface area (Å²) in [6, 6.07) is 49.1. The molecule has 654 valence electrons. The molecular formula is C91H129ClF2N4O17PS2-. The van der Waals surface area contributed by atoms with E-state index in [1.807, 2.05) is 67.6 Å². The second kappa shape index (κ2) is 53.6. The Bertz CT molecular complexity index is 4490. The monoisotopic (exact) mass is 1720 g/mol. The van der Waals surface area contributed by atoms with Crippen LogP contribution in [0, 0.1) is 11.6 Å². The fourth-order valence-electron chi connectivity index (χ4n) is 9.91. The van der Waals surface area contributed by atoms with Crippen LogP contribution in [0.25, 0.3) is 6.08 Å². The largest absolute Gasteiger partial charge is 1.00 e. The number of hydrogen-bond acceptors (Lipinski definition) is 17. The highest BCUT2D eigenvalue weighted by atomic mass is 35.5. The van der Waals surface area contributed by atoms with Crippen LogP contribution in [-0.2, 0) is 132 Å². The van der Waals surface area contributed by atoms with Crippen molar-refractivity contribution in [2.45, 2.75) is 217 Å². The molecule has 0 aliphatic heterocycles. The third kappa shape index (κ3) is 48.8. The molecule has 0 atom stereocenters. The Kier molecular flexibility index (Phi) is 49.5. The molecule has 7 aromatic carbocycles. The highest BCUT2D eigenvalue weighted by molar-refractivity contribution is 7.92. The average molecular weight is 1720 g/mol. The van der Waals surface area contributed by atoms with E-state index in [0.717, 1.165) is 53.7 Å². The lowest BCUT2D eigenvalue weighted by atomic mass is 9.86. The van der Waals surface area contributed by atoms with Crippen LogP contribution in [-0.4, -0.2) is 97.6 Å². The van der Waals surface area contributed by atoms with Crippen LogP contribution in [0.5, 0.6) is 0 Å². The summed E-state index contributed by atoms with van der Waals surface area (Å²) >= 11 is 0. The van der Waals surface area contributed by atoms with Gasteiger partial charge in [0, 0.05) is 44.0 Å². The molecule has 0 saturated heterocycles.